The van der Waals surface area contributed by atoms with Gasteiger partial charge in [-0.25, -0.2) is 4.68 Å². The zero-order chi connectivity index (χ0) is 39.4. The maximum absolute atomic E-state index is 15.3. The number of fused-ring (bicyclic) bond motifs is 3. The van der Waals surface area contributed by atoms with Gasteiger partial charge in [-0.2, -0.15) is 0 Å². The lowest BCUT2D eigenvalue weighted by Crippen LogP contribution is -2.51. The summed E-state index contributed by atoms with van der Waals surface area (Å²) in [6.07, 6.45) is 2.28. The molecular formula is C41H43N7O7Si. The third-order valence-electron chi connectivity index (χ3n) is 11.7. The maximum Gasteiger partial charge on any atom is 0.279 e. The van der Waals surface area contributed by atoms with Crippen LogP contribution in [-0.4, -0.2) is 68.6 Å². The number of nitrogens with zero attached hydrogens (tertiary/aromatic N) is 6. The number of aromatic amines is 1. The summed E-state index contributed by atoms with van der Waals surface area (Å²) in [7, 11) is -0.862. The van der Waals surface area contributed by atoms with Crippen LogP contribution in [0.2, 0.25) is 18.6 Å². The second-order valence-corrected chi connectivity index (χ2v) is 19.9. The molecule has 2 N–H and O–H groups in total. The Morgan fingerprint density at radius 2 is 1.82 bits per heavy atom. The van der Waals surface area contributed by atoms with Gasteiger partial charge in [0, 0.05) is 49.4 Å². The van der Waals surface area contributed by atoms with E-state index in [-0.39, 0.29) is 41.8 Å². The molecule has 1 spiro atoms. The molecule has 0 saturated carbocycles. The van der Waals surface area contributed by atoms with Crippen LogP contribution in [0.5, 0.6) is 5.75 Å². The fourth-order valence-electron chi connectivity index (χ4n) is 9.00. The number of hydrogen-bond donors (Lipinski definition) is 2. The second kappa shape index (κ2) is 14.3. The van der Waals surface area contributed by atoms with Gasteiger partial charge in [0.05, 0.1) is 60.7 Å². The smallest absolute Gasteiger partial charge is 0.279 e. The Labute approximate surface area is 323 Å². The van der Waals surface area contributed by atoms with Gasteiger partial charge in [0.1, 0.15) is 5.75 Å². The van der Waals surface area contributed by atoms with Gasteiger partial charge in [-0.15, -0.1) is 5.10 Å². The highest BCUT2D eigenvalue weighted by molar-refractivity contribution is 6.91. The van der Waals surface area contributed by atoms with Gasteiger partial charge in [-0.05, 0) is 60.0 Å². The number of nitrogens with one attached hydrogen (secondary N) is 1. The van der Waals surface area contributed by atoms with Gasteiger partial charge in [0.15, 0.2) is 5.60 Å². The zero-order valence-corrected chi connectivity index (χ0v) is 32.6. The number of aliphatic hydroxyl groups is 1. The average Bonchev–Trinajstić information content (AvgIpc) is 3.94. The number of carbonyl (C=O) groups is 1. The number of anilines is 1. The molecule has 14 nitrogen and oxygen atoms in total. The van der Waals surface area contributed by atoms with Gasteiger partial charge >= 0.3 is 0 Å². The molecule has 288 valence electrons. The highest BCUT2D eigenvalue weighted by Gasteiger charge is 2.66. The second-order valence-electron chi connectivity index (χ2n) is 15.2. The number of aryl methyl sites for hydroxylation is 1. The molecule has 6 aromatic rings. The number of methoxy groups -OCH3 is 1. The molecule has 2 aromatic heterocycles. The van der Waals surface area contributed by atoms with Crippen molar-refractivity contribution in [3.8, 4) is 11.4 Å². The number of ether oxygens (including phenoxy) is 2. The Morgan fingerprint density at radius 3 is 2.55 bits per heavy atom. The lowest BCUT2D eigenvalue weighted by Gasteiger charge is -2.37. The lowest BCUT2D eigenvalue weighted by atomic mass is 9.82. The van der Waals surface area contributed by atoms with Crippen LogP contribution >= 0.6 is 0 Å². The van der Waals surface area contributed by atoms with E-state index >= 15 is 4.79 Å². The van der Waals surface area contributed by atoms with E-state index in [4.69, 9.17) is 9.47 Å². The topological polar surface area (TPSA) is 171 Å². The summed E-state index contributed by atoms with van der Waals surface area (Å²) in [4.78, 5) is 42.1. The number of nitro benzene ring substituents is 1. The molecule has 0 bridgehead atoms. The predicted octanol–water partition coefficient (Wildman–Crippen LogP) is 5.22. The molecule has 0 aliphatic carbocycles. The van der Waals surface area contributed by atoms with Crippen LogP contribution in [0.4, 0.5) is 11.4 Å². The molecule has 1 amide bonds. The SMILES string of the molecule is COc1ccc([Si](C)(C)[C@H]2[C@H](CCn3cc(CCO)nn3)O[C@@]3(C(=O)N(Cc4cccc(-n5[nH]c6ccccc6c5=O)c4)c4ccc([N+](=O)[O-])cc43)[C@@H]2C)cc1. The molecular weight excluding hydrogens is 731 g/mol. The Morgan fingerprint density at radius 1 is 1.04 bits per heavy atom. The maximum atomic E-state index is 15.3. The standard InChI is InChI=1S/C41H43N7O7Si/c1-26-38(56(3,4)32-15-13-31(54-2)14-16-32)37(18-20-45-25-28(19-21-49)42-44-45)55-41(26)34-23-30(48(52)53)12-17-36(34)46(40(41)51)24-27-8-7-9-29(22-27)47-39(50)33-10-5-6-11-35(33)43-47/h5-17,22-23,25-26,37-38,43,49H,18-21,24H2,1-4H3/t26-,37+,38-,41+/m1/s1. The Hall–Kier alpha value is -5.90. The van der Waals surface area contributed by atoms with E-state index in [1.54, 1.807) is 28.8 Å². The lowest BCUT2D eigenvalue weighted by molar-refractivity contribution is -0.385. The number of nitro groups is 1. The quantitative estimate of drug-likeness (QED) is 0.0963. The molecule has 8 rings (SSSR count). The van der Waals surface area contributed by atoms with Crippen LogP contribution in [0.25, 0.3) is 16.6 Å². The number of amides is 1. The molecule has 2 aliphatic heterocycles. The number of aromatic nitrogens is 5. The number of rotatable bonds is 12. The molecule has 4 heterocycles. The zero-order valence-electron chi connectivity index (χ0n) is 31.6. The summed E-state index contributed by atoms with van der Waals surface area (Å²) in [5.74, 6) is 0.0756. The van der Waals surface area contributed by atoms with Crippen molar-refractivity contribution in [2.45, 2.75) is 63.2 Å². The van der Waals surface area contributed by atoms with E-state index in [9.17, 15) is 20.0 Å². The van der Waals surface area contributed by atoms with Crippen molar-refractivity contribution >= 4 is 41.4 Å². The number of para-hydroxylation sites is 1. The van der Waals surface area contributed by atoms with Crippen molar-refractivity contribution in [3.05, 3.63) is 134 Å². The van der Waals surface area contributed by atoms with E-state index in [0.29, 0.717) is 52.9 Å². The third kappa shape index (κ3) is 6.11. The number of non-ortho nitro benzene ring substituents is 1. The molecule has 2 aliphatic rings. The summed E-state index contributed by atoms with van der Waals surface area (Å²) in [6, 6.07) is 27.4. The van der Waals surface area contributed by atoms with Crippen molar-refractivity contribution < 1.29 is 24.3 Å². The number of hydrogen-bond acceptors (Lipinski definition) is 9. The number of benzene rings is 4. The summed E-state index contributed by atoms with van der Waals surface area (Å²) in [5.41, 5.74) is 1.86. The first-order valence-electron chi connectivity index (χ1n) is 18.7. The van der Waals surface area contributed by atoms with Crippen molar-refractivity contribution in [2.24, 2.45) is 5.92 Å². The first-order chi connectivity index (χ1) is 27.0. The van der Waals surface area contributed by atoms with Crippen molar-refractivity contribution in [1.82, 2.24) is 24.8 Å². The van der Waals surface area contributed by atoms with Crippen LogP contribution in [0, 0.1) is 16.0 Å². The van der Waals surface area contributed by atoms with Gasteiger partial charge in [0.2, 0.25) is 0 Å². The van der Waals surface area contributed by atoms with Crippen molar-refractivity contribution in [2.75, 3.05) is 18.6 Å². The van der Waals surface area contributed by atoms with E-state index in [1.807, 2.05) is 67.7 Å². The largest absolute Gasteiger partial charge is 0.497 e. The summed E-state index contributed by atoms with van der Waals surface area (Å²) in [5, 5.41) is 35.0. The minimum absolute atomic E-state index is 0.0375. The molecule has 1 fully saturated rings. The van der Waals surface area contributed by atoms with Crippen LogP contribution in [0.15, 0.2) is 102 Å². The third-order valence-corrected chi connectivity index (χ3v) is 16.1. The van der Waals surface area contributed by atoms with Gasteiger partial charge in [0.25, 0.3) is 17.2 Å². The fourth-order valence-corrected chi connectivity index (χ4v) is 13.1. The van der Waals surface area contributed by atoms with Gasteiger partial charge in [-0.1, -0.05) is 66.8 Å². The van der Waals surface area contributed by atoms with Gasteiger partial charge in [-0.3, -0.25) is 29.5 Å². The number of H-pyrrole nitrogens is 1. The Balaban J connectivity index is 1.20. The average molecular weight is 774 g/mol. The first-order valence-corrected chi connectivity index (χ1v) is 21.8. The van der Waals surface area contributed by atoms with Crippen LogP contribution < -0.4 is 20.4 Å². The van der Waals surface area contributed by atoms with Gasteiger partial charge < -0.3 is 19.5 Å². The van der Waals surface area contributed by atoms with E-state index in [0.717, 1.165) is 16.5 Å². The molecule has 1 saturated heterocycles. The molecule has 0 unspecified atom stereocenters. The highest BCUT2D eigenvalue weighted by atomic mass is 28.3. The van der Waals surface area contributed by atoms with E-state index in [2.05, 4.69) is 40.6 Å². The minimum atomic E-state index is -2.49. The molecule has 4 atom stereocenters. The number of aliphatic hydroxyl groups excluding tert-OH is 1. The summed E-state index contributed by atoms with van der Waals surface area (Å²) in [6.45, 7) is 7.17. The summed E-state index contributed by atoms with van der Waals surface area (Å²) >= 11 is 0. The minimum Gasteiger partial charge on any atom is -0.497 e. The fraction of sp³-hybridized carbons (Fsp3) is 0.317. The predicted molar refractivity (Wildman–Crippen MR) is 213 cm³/mol. The van der Waals surface area contributed by atoms with Crippen LogP contribution in [-0.2, 0) is 34.6 Å². The van der Waals surface area contributed by atoms with E-state index in [1.165, 1.54) is 16.8 Å². The van der Waals surface area contributed by atoms with Crippen LogP contribution in [0.1, 0.15) is 30.2 Å². The molecule has 0 radical (unpaired) electrons. The molecule has 15 heteroatoms. The van der Waals surface area contributed by atoms with Crippen molar-refractivity contribution in [3.63, 3.8) is 0 Å². The summed E-state index contributed by atoms with van der Waals surface area (Å²) < 4.78 is 15.9. The number of carbonyl (C=O) groups excluding carboxylic acids is 1. The highest BCUT2D eigenvalue weighted by Crippen LogP contribution is 2.60. The molecule has 4 aromatic carbocycles. The van der Waals surface area contributed by atoms with E-state index < -0.39 is 24.7 Å². The normalized spacial score (nSPS) is 20.6. The molecule has 56 heavy (non-hydrogen) atoms. The Bertz CT molecular complexity index is 2510. The van der Waals surface area contributed by atoms with Crippen molar-refractivity contribution in [1.29, 1.82) is 0 Å². The monoisotopic (exact) mass is 773 g/mol. The first kappa shape index (κ1) is 37.0. The Kier molecular flexibility index (Phi) is 9.46. The van der Waals surface area contributed by atoms with Crippen LogP contribution in [0.3, 0.4) is 0 Å².